The van der Waals surface area contributed by atoms with Crippen LogP contribution in [0.2, 0.25) is 0 Å². The number of aromatic nitrogens is 2. The van der Waals surface area contributed by atoms with E-state index in [2.05, 4.69) is 36.4 Å². The van der Waals surface area contributed by atoms with Crippen molar-refractivity contribution in [3.8, 4) is 5.75 Å². The molecule has 2 aromatic rings. The van der Waals surface area contributed by atoms with Gasteiger partial charge in [0.2, 0.25) is 0 Å². The first-order valence-electron chi connectivity index (χ1n) is 5.88. The Morgan fingerprint density at radius 1 is 1.39 bits per heavy atom. The fraction of sp³-hybridized carbons (Fsp3) is 0.385. The minimum Gasteiger partial charge on any atom is -0.487 e. The zero-order valence-electron chi connectivity index (χ0n) is 10.8. The molecular formula is C13H17N3OS. The molecule has 0 aliphatic heterocycles. The van der Waals surface area contributed by atoms with Crippen molar-refractivity contribution in [3.63, 3.8) is 0 Å². The molecule has 0 aliphatic rings. The van der Waals surface area contributed by atoms with Gasteiger partial charge in [0, 0.05) is 11.5 Å². The molecule has 0 amide bonds. The lowest BCUT2D eigenvalue weighted by molar-refractivity contribution is 0.301. The minimum absolute atomic E-state index is 0.364. The molecule has 0 spiro atoms. The van der Waals surface area contributed by atoms with E-state index < -0.39 is 0 Å². The lowest BCUT2D eigenvalue weighted by Crippen LogP contribution is -2.00. The van der Waals surface area contributed by atoms with E-state index in [-0.39, 0.29) is 0 Å². The average Bonchev–Trinajstić information content (AvgIpc) is 2.72. The molecule has 0 bridgehead atoms. The van der Waals surface area contributed by atoms with Gasteiger partial charge in [-0.2, -0.15) is 0 Å². The van der Waals surface area contributed by atoms with Gasteiger partial charge in [-0.15, -0.1) is 5.10 Å². The van der Waals surface area contributed by atoms with Crippen LogP contribution in [-0.4, -0.2) is 9.59 Å². The predicted octanol–water partition coefficient (Wildman–Crippen LogP) is 3.13. The third-order valence-corrected chi connectivity index (χ3v) is 3.42. The Labute approximate surface area is 111 Å². The summed E-state index contributed by atoms with van der Waals surface area (Å²) in [5, 5.41) is 4.53. The minimum atomic E-state index is 0.364. The summed E-state index contributed by atoms with van der Waals surface area (Å²) in [6.45, 7) is 6.83. The fourth-order valence-corrected chi connectivity index (χ4v) is 2.29. The molecule has 0 saturated carbocycles. The molecule has 2 rings (SSSR count). The molecule has 1 heterocycles. The van der Waals surface area contributed by atoms with Crippen molar-refractivity contribution < 1.29 is 4.74 Å². The van der Waals surface area contributed by atoms with E-state index in [1.807, 2.05) is 12.1 Å². The van der Waals surface area contributed by atoms with E-state index in [0.29, 0.717) is 23.2 Å². The maximum absolute atomic E-state index is 5.71. The van der Waals surface area contributed by atoms with Crippen molar-refractivity contribution in [1.82, 2.24) is 9.59 Å². The molecule has 4 nitrogen and oxygen atoms in total. The van der Waals surface area contributed by atoms with Crippen LogP contribution in [-0.2, 0) is 6.61 Å². The number of anilines is 1. The maximum Gasteiger partial charge on any atom is 0.136 e. The van der Waals surface area contributed by atoms with E-state index in [1.54, 1.807) is 0 Å². The molecule has 0 unspecified atom stereocenters. The first-order valence-corrected chi connectivity index (χ1v) is 6.65. The topological polar surface area (TPSA) is 61.0 Å². The Morgan fingerprint density at radius 3 is 2.72 bits per heavy atom. The van der Waals surface area contributed by atoms with Crippen molar-refractivity contribution in [1.29, 1.82) is 0 Å². The highest BCUT2D eigenvalue weighted by Gasteiger charge is 2.07. The summed E-state index contributed by atoms with van der Waals surface area (Å²) in [6.07, 6.45) is 0. The van der Waals surface area contributed by atoms with Crippen molar-refractivity contribution in [2.24, 2.45) is 0 Å². The number of nitrogens with zero attached hydrogens (tertiary/aromatic N) is 2. The van der Waals surface area contributed by atoms with E-state index in [1.165, 1.54) is 22.7 Å². The van der Waals surface area contributed by atoms with Crippen molar-refractivity contribution in [2.75, 3.05) is 5.73 Å². The number of hydrogen-bond acceptors (Lipinski definition) is 5. The number of aryl methyl sites for hydroxylation is 1. The summed E-state index contributed by atoms with van der Waals surface area (Å²) in [7, 11) is 0. The highest BCUT2D eigenvalue weighted by atomic mass is 32.1. The van der Waals surface area contributed by atoms with E-state index in [0.717, 1.165) is 5.75 Å². The Kier molecular flexibility index (Phi) is 3.81. The maximum atomic E-state index is 5.71. The first kappa shape index (κ1) is 12.8. The summed E-state index contributed by atoms with van der Waals surface area (Å²) in [5.74, 6) is 1.36. The van der Waals surface area contributed by atoms with Crippen LogP contribution in [0.1, 0.15) is 36.6 Å². The van der Waals surface area contributed by atoms with Gasteiger partial charge in [0.15, 0.2) is 0 Å². The molecule has 1 aromatic heterocycles. The van der Waals surface area contributed by atoms with Crippen LogP contribution >= 0.6 is 11.5 Å². The third kappa shape index (κ3) is 2.79. The molecule has 1 aromatic carbocycles. The van der Waals surface area contributed by atoms with Crippen LogP contribution in [0.4, 0.5) is 5.00 Å². The second-order valence-corrected chi connectivity index (χ2v) is 5.33. The van der Waals surface area contributed by atoms with Gasteiger partial charge in [-0.05, 0) is 36.1 Å². The SMILES string of the molecule is Cc1cc(OCc2nnsc2N)ccc1C(C)C. The van der Waals surface area contributed by atoms with Crippen LogP contribution in [0, 0.1) is 6.92 Å². The summed E-state index contributed by atoms with van der Waals surface area (Å²) < 4.78 is 9.45. The number of nitrogen functional groups attached to an aromatic ring is 1. The van der Waals surface area contributed by atoms with Crippen molar-refractivity contribution in [2.45, 2.75) is 33.3 Å². The van der Waals surface area contributed by atoms with E-state index in [9.17, 15) is 0 Å². The molecule has 0 atom stereocenters. The van der Waals surface area contributed by atoms with Crippen LogP contribution in [0.3, 0.4) is 0 Å². The zero-order chi connectivity index (χ0) is 13.1. The van der Waals surface area contributed by atoms with Crippen LogP contribution in [0.5, 0.6) is 5.75 Å². The molecule has 18 heavy (non-hydrogen) atoms. The van der Waals surface area contributed by atoms with Gasteiger partial charge in [0.25, 0.3) is 0 Å². The lowest BCUT2D eigenvalue weighted by atomic mass is 9.98. The van der Waals surface area contributed by atoms with Gasteiger partial charge in [0.05, 0.1) is 0 Å². The molecule has 0 saturated heterocycles. The number of hydrogen-bond donors (Lipinski definition) is 1. The normalized spacial score (nSPS) is 10.9. The Balaban J connectivity index is 2.07. The van der Waals surface area contributed by atoms with Crippen molar-refractivity contribution >= 4 is 16.5 Å². The predicted molar refractivity (Wildman–Crippen MR) is 73.9 cm³/mol. The number of ether oxygens (including phenoxy) is 1. The number of benzene rings is 1. The monoisotopic (exact) mass is 263 g/mol. The second-order valence-electron chi connectivity index (χ2n) is 4.55. The highest BCUT2D eigenvalue weighted by Crippen LogP contribution is 2.24. The fourth-order valence-electron chi connectivity index (χ4n) is 1.85. The lowest BCUT2D eigenvalue weighted by Gasteiger charge is -2.12. The molecule has 0 radical (unpaired) electrons. The molecule has 0 aliphatic carbocycles. The quantitative estimate of drug-likeness (QED) is 0.920. The van der Waals surface area contributed by atoms with Crippen molar-refractivity contribution in [3.05, 3.63) is 35.0 Å². The number of rotatable bonds is 4. The summed E-state index contributed by atoms with van der Waals surface area (Å²) >= 11 is 1.19. The van der Waals surface area contributed by atoms with Crippen LogP contribution in [0.15, 0.2) is 18.2 Å². The van der Waals surface area contributed by atoms with Gasteiger partial charge in [-0.25, -0.2) is 0 Å². The van der Waals surface area contributed by atoms with Gasteiger partial charge in [0.1, 0.15) is 23.1 Å². The highest BCUT2D eigenvalue weighted by molar-refractivity contribution is 7.09. The Hall–Kier alpha value is -1.62. The largest absolute Gasteiger partial charge is 0.487 e. The smallest absolute Gasteiger partial charge is 0.136 e. The summed E-state index contributed by atoms with van der Waals surface area (Å²) in [6, 6.07) is 6.14. The second kappa shape index (κ2) is 5.35. The van der Waals surface area contributed by atoms with Gasteiger partial charge in [-0.1, -0.05) is 24.4 Å². The first-order chi connectivity index (χ1) is 8.58. The Morgan fingerprint density at radius 2 is 2.17 bits per heavy atom. The van der Waals surface area contributed by atoms with E-state index >= 15 is 0 Å². The molecule has 0 fully saturated rings. The zero-order valence-corrected chi connectivity index (χ0v) is 11.6. The molecular weight excluding hydrogens is 246 g/mol. The van der Waals surface area contributed by atoms with Gasteiger partial charge < -0.3 is 10.5 Å². The van der Waals surface area contributed by atoms with Crippen LogP contribution in [0.25, 0.3) is 0 Å². The third-order valence-electron chi connectivity index (χ3n) is 2.82. The molecule has 2 N–H and O–H groups in total. The average molecular weight is 263 g/mol. The summed E-state index contributed by atoms with van der Waals surface area (Å²) in [5.41, 5.74) is 9.00. The summed E-state index contributed by atoms with van der Waals surface area (Å²) in [4.78, 5) is 0. The van der Waals surface area contributed by atoms with Gasteiger partial charge >= 0.3 is 0 Å². The molecule has 5 heteroatoms. The molecule has 96 valence electrons. The van der Waals surface area contributed by atoms with Crippen LogP contribution < -0.4 is 10.5 Å². The van der Waals surface area contributed by atoms with E-state index in [4.69, 9.17) is 10.5 Å². The van der Waals surface area contributed by atoms with Gasteiger partial charge in [-0.3, -0.25) is 0 Å². The number of nitrogens with two attached hydrogens (primary N) is 1. The Bertz CT molecular complexity index is 537. The standard InChI is InChI=1S/C13H17N3OS/c1-8(2)11-5-4-10(6-9(11)3)17-7-12-13(14)18-16-15-12/h4-6,8H,7,14H2,1-3H3.